The minimum absolute atomic E-state index is 0.143. The molecule has 2 N–H and O–H groups in total. The average molecular weight is 346 g/mol. The molecule has 0 atom stereocenters. The van der Waals surface area contributed by atoms with Crippen molar-refractivity contribution in [2.75, 3.05) is 11.9 Å². The molecule has 0 aromatic heterocycles. The number of nitrogens with zero attached hydrogens (tertiary/aromatic N) is 1. The summed E-state index contributed by atoms with van der Waals surface area (Å²) in [5.41, 5.74) is 1.42. The molecule has 0 saturated heterocycles. The van der Waals surface area contributed by atoms with Crippen LogP contribution >= 0.6 is 11.6 Å². The van der Waals surface area contributed by atoms with Crippen molar-refractivity contribution in [1.82, 2.24) is 5.32 Å². The highest BCUT2D eigenvalue weighted by atomic mass is 35.5. The summed E-state index contributed by atoms with van der Waals surface area (Å²) in [4.78, 5) is 27.8. The number of halogens is 1. The van der Waals surface area contributed by atoms with Gasteiger partial charge in [-0.3, -0.25) is 14.9 Å². The van der Waals surface area contributed by atoms with Crippen LogP contribution in [0.4, 0.5) is 10.5 Å². The summed E-state index contributed by atoms with van der Waals surface area (Å²) >= 11 is 5.80. The van der Waals surface area contributed by atoms with Gasteiger partial charge in [0.1, 0.15) is 0 Å². The van der Waals surface area contributed by atoms with E-state index in [2.05, 4.69) is 20.6 Å². The fourth-order valence-corrected chi connectivity index (χ4v) is 2.02. The van der Waals surface area contributed by atoms with Crippen LogP contribution < -0.4 is 10.6 Å². The van der Waals surface area contributed by atoms with Gasteiger partial charge in [-0.2, -0.15) is 0 Å². The summed E-state index contributed by atoms with van der Waals surface area (Å²) in [6.45, 7) is 0.163. The van der Waals surface area contributed by atoms with Crippen LogP contribution in [0, 0.1) is 0 Å². The van der Waals surface area contributed by atoms with Crippen LogP contribution in [-0.2, 0) is 16.1 Å². The lowest BCUT2D eigenvalue weighted by atomic mass is 10.1. The fraction of sp³-hybridized carbons (Fsp3) is 0.118. The number of hydrogen-bond donors (Lipinski definition) is 2. The molecule has 0 aliphatic carbocycles. The maximum absolute atomic E-state index is 11.7. The molecule has 7 heteroatoms. The average Bonchev–Trinajstić information content (AvgIpc) is 2.55. The van der Waals surface area contributed by atoms with Crippen LogP contribution in [0.5, 0.6) is 0 Å². The number of rotatable bonds is 6. The van der Waals surface area contributed by atoms with E-state index in [4.69, 9.17) is 11.6 Å². The number of nitrogens with one attached hydrogen (secondary N) is 2. The zero-order valence-corrected chi connectivity index (χ0v) is 13.5. The van der Waals surface area contributed by atoms with Gasteiger partial charge in [-0.25, -0.2) is 4.79 Å². The second-order valence-electron chi connectivity index (χ2n) is 4.77. The Kier molecular flexibility index (Phi) is 6.79. The topological polar surface area (TPSA) is 79.8 Å². The zero-order chi connectivity index (χ0) is 17.2. The largest absolute Gasteiger partial charge is 0.437 e. The van der Waals surface area contributed by atoms with Gasteiger partial charge < -0.3 is 5.32 Å². The van der Waals surface area contributed by atoms with E-state index in [1.165, 1.54) is 6.21 Å². The molecule has 0 spiro atoms. The van der Waals surface area contributed by atoms with Crippen molar-refractivity contribution in [2.24, 2.45) is 5.16 Å². The lowest BCUT2D eigenvalue weighted by Gasteiger charge is -2.03. The third-order valence-electron chi connectivity index (χ3n) is 2.88. The number of carbonyl (C=O) groups is 2. The lowest BCUT2D eigenvalue weighted by Crippen LogP contribution is -2.26. The molecule has 0 aliphatic heterocycles. The Labute approximate surface area is 144 Å². The van der Waals surface area contributed by atoms with E-state index >= 15 is 0 Å². The van der Waals surface area contributed by atoms with Crippen molar-refractivity contribution in [3.8, 4) is 0 Å². The first-order valence-electron chi connectivity index (χ1n) is 7.19. The highest BCUT2D eigenvalue weighted by Gasteiger charge is 2.03. The molecule has 2 aromatic rings. The minimum Gasteiger partial charge on any atom is -0.351 e. The fourth-order valence-electron chi connectivity index (χ4n) is 1.83. The number of oxime groups is 1. The third kappa shape index (κ3) is 6.50. The Balaban J connectivity index is 1.65. The second-order valence-corrected chi connectivity index (χ2v) is 5.20. The maximum atomic E-state index is 11.7. The number of hydrogen-bond acceptors (Lipinski definition) is 4. The van der Waals surface area contributed by atoms with Crippen LogP contribution in [0.15, 0.2) is 59.8 Å². The molecule has 0 radical (unpaired) electrons. The molecule has 2 amide bonds. The Hall–Kier alpha value is -2.86. The molecule has 0 saturated carbocycles. The van der Waals surface area contributed by atoms with E-state index in [1.807, 2.05) is 30.3 Å². The first-order valence-corrected chi connectivity index (χ1v) is 7.57. The molecule has 124 valence electrons. The number of anilines is 1. The predicted octanol–water partition coefficient (Wildman–Crippen LogP) is 3.23. The Morgan fingerprint density at radius 3 is 2.67 bits per heavy atom. The van der Waals surface area contributed by atoms with Crippen molar-refractivity contribution < 1.29 is 14.4 Å². The Morgan fingerprint density at radius 2 is 1.92 bits per heavy atom. The van der Waals surface area contributed by atoms with Crippen molar-refractivity contribution in [2.45, 2.75) is 6.42 Å². The van der Waals surface area contributed by atoms with Crippen molar-refractivity contribution in [3.05, 3.63) is 65.2 Å². The predicted molar refractivity (Wildman–Crippen MR) is 93.2 cm³/mol. The molecule has 6 nitrogen and oxygen atoms in total. The molecule has 2 aromatic carbocycles. The highest BCUT2D eigenvalue weighted by molar-refractivity contribution is 6.30. The molecule has 0 aliphatic rings. The van der Waals surface area contributed by atoms with Crippen LogP contribution in [0.2, 0.25) is 5.02 Å². The molecule has 0 unspecified atom stereocenters. The second kappa shape index (κ2) is 9.32. The van der Waals surface area contributed by atoms with Gasteiger partial charge in [-0.15, -0.1) is 0 Å². The van der Waals surface area contributed by atoms with Crippen LogP contribution in [0.3, 0.4) is 0 Å². The van der Waals surface area contributed by atoms with E-state index in [1.54, 1.807) is 24.3 Å². The third-order valence-corrected chi connectivity index (χ3v) is 3.11. The Morgan fingerprint density at radius 1 is 1.12 bits per heavy atom. The van der Waals surface area contributed by atoms with Gasteiger partial charge in [0.05, 0.1) is 19.2 Å². The van der Waals surface area contributed by atoms with Gasteiger partial charge in [-0.05, 0) is 23.8 Å². The molecule has 0 fully saturated rings. The van der Waals surface area contributed by atoms with Gasteiger partial charge in [0, 0.05) is 10.7 Å². The summed E-state index contributed by atoms with van der Waals surface area (Å²) < 4.78 is 0. The molecule has 0 heterocycles. The smallest absolute Gasteiger partial charge is 0.351 e. The van der Waals surface area contributed by atoms with Crippen LogP contribution in [-0.4, -0.2) is 24.8 Å². The summed E-state index contributed by atoms with van der Waals surface area (Å²) in [7, 11) is 0. The maximum Gasteiger partial charge on any atom is 0.437 e. The number of amides is 2. The number of carbonyl (C=O) groups excluding carboxylic acids is 2. The van der Waals surface area contributed by atoms with Gasteiger partial charge in [0.2, 0.25) is 5.91 Å². The van der Waals surface area contributed by atoms with Gasteiger partial charge in [0.15, 0.2) is 0 Å². The molecule has 2 rings (SSSR count). The summed E-state index contributed by atoms with van der Waals surface area (Å²) in [5, 5.41) is 9.09. The van der Waals surface area contributed by atoms with E-state index in [0.717, 1.165) is 5.56 Å². The van der Waals surface area contributed by atoms with Gasteiger partial charge >= 0.3 is 6.09 Å². The van der Waals surface area contributed by atoms with Crippen molar-refractivity contribution in [3.63, 3.8) is 0 Å². The monoisotopic (exact) mass is 345 g/mol. The SMILES string of the molecule is O=C(Cc1ccccc1)NCC=NOC(=O)Nc1cccc(Cl)c1. The highest BCUT2D eigenvalue weighted by Crippen LogP contribution is 2.14. The molecule has 24 heavy (non-hydrogen) atoms. The first-order chi connectivity index (χ1) is 11.6. The molecular formula is C17H16ClN3O3. The summed E-state index contributed by atoms with van der Waals surface area (Å²) in [5.74, 6) is -0.143. The van der Waals surface area contributed by atoms with Crippen molar-refractivity contribution >= 4 is 35.5 Å². The van der Waals surface area contributed by atoms with E-state index < -0.39 is 6.09 Å². The first kappa shape index (κ1) is 17.5. The van der Waals surface area contributed by atoms with Crippen molar-refractivity contribution in [1.29, 1.82) is 0 Å². The van der Waals surface area contributed by atoms with Gasteiger partial charge in [-0.1, -0.05) is 53.2 Å². The minimum atomic E-state index is -0.746. The van der Waals surface area contributed by atoms with Gasteiger partial charge in [0.25, 0.3) is 0 Å². The van der Waals surface area contributed by atoms with Crippen LogP contribution in [0.25, 0.3) is 0 Å². The normalized spacial score (nSPS) is 10.4. The lowest BCUT2D eigenvalue weighted by molar-refractivity contribution is -0.120. The zero-order valence-electron chi connectivity index (χ0n) is 12.7. The Bertz CT molecular complexity index is 720. The summed E-state index contributed by atoms with van der Waals surface area (Å²) in [6, 6.07) is 16.0. The molecular weight excluding hydrogens is 330 g/mol. The van der Waals surface area contributed by atoms with E-state index in [-0.39, 0.29) is 18.9 Å². The van der Waals surface area contributed by atoms with E-state index in [9.17, 15) is 9.59 Å². The molecule has 0 bridgehead atoms. The van der Waals surface area contributed by atoms with Crippen LogP contribution in [0.1, 0.15) is 5.56 Å². The standard InChI is InChI=1S/C17H16ClN3O3/c18-14-7-4-8-15(12-14)21-17(23)24-20-10-9-19-16(22)11-13-5-2-1-3-6-13/h1-8,10,12H,9,11H2,(H,19,22)(H,21,23). The number of benzene rings is 2. The quantitative estimate of drug-likeness (QED) is 0.479. The summed E-state index contributed by atoms with van der Waals surface area (Å²) in [6.07, 6.45) is 0.828. The van der Waals surface area contributed by atoms with E-state index in [0.29, 0.717) is 10.7 Å².